The Morgan fingerprint density at radius 3 is 2.34 bits per heavy atom. The Hall–Kier alpha value is -3.11. The number of anilines is 1. The minimum absolute atomic E-state index is 0.0224. The number of amides is 1. The molecule has 1 aliphatic rings. The number of hydrogen-bond acceptors (Lipinski definition) is 3. The molecule has 0 aliphatic carbocycles. The van der Waals surface area contributed by atoms with Crippen LogP contribution in [0, 0.1) is 13.8 Å². The molecular weight excluding hydrogens is 394 g/mol. The summed E-state index contributed by atoms with van der Waals surface area (Å²) in [6.45, 7) is 11.3. The number of nitrogens with one attached hydrogen (secondary N) is 1. The Morgan fingerprint density at radius 1 is 0.875 bits per heavy atom. The van der Waals surface area contributed by atoms with Crippen molar-refractivity contribution in [3.05, 3.63) is 101 Å². The van der Waals surface area contributed by atoms with Crippen LogP contribution in [0.3, 0.4) is 0 Å². The van der Waals surface area contributed by atoms with Crippen molar-refractivity contribution in [2.24, 2.45) is 0 Å². The van der Waals surface area contributed by atoms with Crippen LogP contribution in [0.5, 0.6) is 0 Å². The van der Waals surface area contributed by atoms with Gasteiger partial charge in [0.05, 0.1) is 6.04 Å². The highest BCUT2D eigenvalue weighted by molar-refractivity contribution is 5.94. The van der Waals surface area contributed by atoms with E-state index in [4.69, 9.17) is 0 Å². The minimum atomic E-state index is -0.0252. The van der Waals surface area contributed by atoms with Gasteiger partial charge in [-0.2, -0.15) is 0 Å². The molecule has 4 rings (SSSR count). The van der Waals surface area contributed by atoms with Crippen LogP contribution in [0.4, 0.5) is 5.69 Å². The first-order valence-corrected chi connectivity index (χ1v) is 11.5. The standard InChI is InChI=1S/C28H33N3O/c1-21-12-13-27(18-22(21)2)31-16-14-30(15-17-31)20-24-8-7-11-26(19-24)28(32)29-23(3)25-9-5-4-6-10-25/h4-13,18-19,23H,14-17,20H2,1-3H3,(H,29,32). The molecule has 4 nitrogen and oxygen atoms in total. The van der Waals surface area contributed by atoms with Gasteiger partial charge in [0.1, 0.15) is 0 Å². The highest BCUT2D eigenvalue weighted by Gasteiger charge is 2.18. The van der Waals surface area contributed by atoms with Crippen LogP contribution in [0.25, 0.3) is 0 Å². The third-order valence-electron chi connectivity index (χ3n) is 6.47. The highest BCUT2D eigenvalue weighted by Crippen LogP contribution is 2.21. The molecular formula is C28H33N3O. The Morgan fingerprint density at radius 2 is 1.62 bits per heavy atom. The molecule has 1 atom stereocenters. The van der Waals surface area contributed by atoms with Crippen molar-refractivity contribution in [2.45, 2.75) is 33.4 Å². The Labute approximate surface area is 191 Å². The molecule has 0 saturated carbocycles. The van der Waals surface area contributed by atoms with E-state index in [1.54, 1.807) is 0 Å². The van der Waals surface area contributed by atoms with Crippen LogP contribution in [-0.2, 0) is 6.54 Å². The average Bonchev–Trinajstić information content (AvgIpc) is 2.82. The predicted molar refractivity (Wildman–Crippen MR) is 132 cm³/mol. The molecule has 1 fully saturated rings. The van der Waals surface area contributed by atoms with Gasteiger partial charge in [-0.05, 0) is 67.3 Å². The normalized spacial score (nSPS) is 15.4. The molecule has 0 radical (unpaired) electrons. The van der Waals surface area contributed by atoms with Gasteiger partial charge in [-0.3, -0.25) is 9.69 Å². The van der Waals surface area contributed by atoms with E-state index in [-0.39, 0.29) is 11.9 Å². The SMILES string of the molecule is Cc1ccc(N2CCN(Cc3cccc(C(=O)NC(C)c4ccccc4)c3)CC2)cc1C. The van der Waals surface area contributed by atoms with Gasteiger partial charge in [0, 0.05) is 44.0 Å². The molecule has 166 valence electrons. The first kappa shape index (κ1) is 22.1. The first-order chi connectivity index (χ1) is 15.5. The smallest absolute Gasteiger partial charge is 0.251 e. The molecule has 0 aromatic heterocycles. The van der Waals surface area contributed by atoms with Crippen LogP contribution >= 0.6 is 0 Å². The van der Waals surface area contributed by atoms with E-state index in [0.717, 1.165) is 43.9 Å². The summed E-state index contributed by atoms with van der Waals surface area (Å²) in [5, 5.41) is 3.12. The van der Waals surface area contributed by atoms with Crippen molar-refractivity contribution < 1.29 is 4.79 Å². The van der Waals surface area contributed by atoms with Gasteiger partial charge in [-0.1, -0.05) is 48.5 Å². The van der Waals surface area contributed by atoms with Gasteiger partial charge < -0.3 is 10.2 Å². The summed E-state index contributed by atoms with van der Waals surface area (Å²) in [4.78, 5) is 17.7. The summed E-state index contributed by atoms with van der Waals surface area (Å²) < 4.78 is 0. The van der Waals surface area contributed by atoms with Gasteiger partial charge >= 0.3 is 0 Å². The first-order valence-electron chi connectivity index (χ1n) is 11.5. The van der Waals surface area contributed by atoms with E-state index in [0.29, 0.717) is 0 Å². The Balaban J connectivity index is 1.33. The lowest BCUT2D eigenvalue weighted by atomic mass is 10.1. The lowest BCUT2D eigenvalue weighted by molar-refractivity contribution is 0.0939. The van der Waals surface area contributed by atoms with Crippen LogP contribution in [0.1, 0.15) is 45.6 Å². The van der Waals surface area contributed by atoms with Gasteiger partial charge in [-0.15, -0.1) is 0 Å². The zero-order valence-electron chi connectivity index (χ0n) is 19.3. The fourth-order valence-electron chi connectivity index (χ4n) is 4.26. The number of aryl methyl sites for hydroxylation is 2. The number of rotatable bonds is 6. The molecule has 3 aromatic rings. The van der Waals surface area contributed by atoms with E-state index in [2.05, 4.69) is 53.2 Å². The molecule has 0 spiro atoms. The quantitative estimate of drug-likeness (QED) is 0.593. The number of benzene rings is 3. The lowest BCUT2D eigenvalue weighted by Crippen LogP contribution is -2.46. The summed E-state index contributed by atoms with van der Waals surface area (Å²) in [7, 11) is 0. The summed E-state index contributed by atoms with van der Waals surface area (Å²) in [5.74, 6) is -0.0252. The summed E-state index contributed by atoms with van der Waals surface area (Å²) in [6.07, 6.45) is 0. The van der Waals surface area contributed by atoms with E-state index < -0.39 is 0 Å². The van der Waals surface area contributed by atoms with Crippen LogP contribution in [0.2, 0.25) is 0 Å². The largest absolute Gasteiger partial charge is 0.369 e. The van der Waals surface area contributed by atoms with Crippen LogP contribution < -0.4 is 10.2 Å². The maximum absolute atomic E-state index is 12.8. The number of nitrogens with zero attached hydrogens (tertiary/aromatic N) is 2. The molecule has 3 aromatic carbocycles. The molecule has 1 amide bonds. The lowest BCUT2D eigenvalue weighted by Gasteiger charge is -2.36. The third-order valence-corrected chi connectivity index (χ3v) is 6.47. The second kappa shape index (κ2) is 10.0. The average molecular weight is 428 g/mol. The van der Waals surface area contributed by atoms with Crippen molar-refractivity contribution in [2.75, 3.05) is 31.1 Å². The van der Waals surface area contributed by atoms with Crippen molar-refractivity contribution in [1.82, 2.24) is 10.2 Å². The predicted octanol–water partition coefficient (Wildman–Crippen LogP) is 5.12. The molecule has 1 saturated heterocycles. The van der Waals surface area contributed by atoms with E-state index in [9.17, 15) is 4.79 Å². The molecule has 1 heterocycles. The minimum Gasteiger partial charge on any atom is -0.369 e. The van der Waals surface area contributed by atoms with Crippen LogP contribution in [-0.4, -0.2) is 37.0 Å². The van der Waals surface area contributed by atoms with Gasteiger partial charge in [0.2, 0.25) is 0 Å². The zero-order valence-corrected chi connectivity index (χ0v) is 19.3. The van der Waals surface area contributed by atoms with E-state index >= 15 is 0 Å². The van der Waals surface area contributed by atoms with Crippen molar-refractivity contribution in [3.63, 3.8) is 0 Å². The Kier molecular flexibility index (Phi) is 6.91. The Bertz CT molecular complexity index is 1060. The molecule has 0 bridgehead atoms. The molecule has 1 aliphatic heterocycles. The van der Waals surface area contributed by atoms with Gasteiger partial charge in [-0.25, -0.2) is 0 Å². The maximum Gasteiger partial charge on any atom is 0.251 e. The summed E-state index contributed by atoms with van der Waals surface area (Å²) >= 11 is 0. The second-order valence-electron chi connectivity index (χ2n) is 8.84. The van der Waals surface area contributed by atoms with E-state index in [1.807, 2.05) is 55.5 Å². The monoisotopic (exact) mass is 427 g/mol. The fraction of sp³-hybridized carbons (Fsp3) is 0.321. The van der Waals surface area contributed by atoms with Crippen LogP contribution in [0.15, 0.2) is 72.8 Å². The molecule has 32 heavy (non-hydrogen) atoms. The van der Waals surface area contributed by atoms with Crippen molar-refractivity contribution in [1.29, 1.82) is 0 Å². The number of piperazine rings is 1. The summed E-state index contributed by atoms with van der Waals surface area (Å²) in [5.41, 5.74) is 7.03. The number of hydrogen-bond donors (Lipinski definition) is 1. The maximum atomic E-state index is 12.8. The van der Waals surface area contributed by atoms with Gasteiger partial charge in [0.15, 0.2) is 0 Å². The molecule has 1 N–H and O–H groups in total. The van der Waals surface area contributed by atoms with E-state index in [1.165, 1.54) is 22.4 Å². The number of carbonyl (C=O) groups excluding carboxylic acids is 1. The fourth-order valence-corrected chi connectivity index (χ4v) is 4.26. The summed E-state index contributed by atoms with van der Waals surface area (Å²) in [6, 6.07) is 24.8. The number of carbonyl (C=O) groups is 1. The van der Waals surface area contributed by atoms with Gasteiger partial charge in [0.25, 0.3) is 5.91 Å². The molecule has 1 unspecified atom stereocenters. The van der Waals surface area contributed by atoms with Crippen molar-refractivity contribution in [3.8, 4) is 0 Å². The molecule has 4 heteroatoms. The van der Waals surface area contributed by atoms with Crippen molar-refractivity contribution >= 4 is 11.6 Å². The third kappa shape index (κ3) is 5.38. The highest BCUT2D eigenvalue weighted by atomic mass is 16.1. The topological polar surface area (TPSA) is 35.6 Å². The zero-order chi connectivity index (χ0) is 22.5. The second-order valence-corrected chi connectivity index (χ2v) is 8.84.